The summed E-state index contributed by atoms with van der Waals surface area (Å²) in [4.78, 5) is 12.4. The van der Waals surface area contributed by atoms with Crippen molar-refractivity contribution in [3.8, 4) is 0 Å². The summed E-state index contributed by atoms with van der Waals surface area (Å²) in [6.07, 6.45) is 48.0. The molecule has 1 N–H and O–H groups in total. The SMILES string of the molecule is CCC/C=C\CCCC/C=C\CCCCCC(CCCCC/C=C\CCCC/C=C\CCC)OC(=O)CCCCNC. The summed E-state index contributed by atoms with van der Waals surface area (Å²) in [5.74, 6) is 0.00341. The quantitative estimate of drug-likeness (QED) is 0.0485. The third-order valence-corrected chi connectivity index (χ3v) is 7.71. The summed E-state index contributed by atoms with van der Waals surface area (Å²) >= 11 is 0. The van der Waals surface area contributed by atoms with Gasteiger partial charge >= 0.3 is 5.97 Å². The normalized spacial score (nSPS) is 12.3. The highest BCUT2D eigenvalue weighted by atomic mass is 16.5. The molecule has 0 aliphatic rings. The van der Waals surface area contributed by atoms with Gasteiger partial charge in [0.05, 0.1) is 0 Å². The van der Waals surface area contributed by atoms with Crippen molar-refractivity contribution < 1.29 is 9.53 Å². The molecule has 0 rings (SSSR count). The van der Waals surface area contributed by atoms with E-state index in [0.717, 1.165) is 45.1 Å². The first-order chi connectivity index (χ1) is 20.7. The topological polar surface area (TPSA) is 38.3 Å². The van der Waals surface area contributed by atoms with Crippen LogP contribution in [0.2, 0.25) is 0 Å². The van der Waals surface area contributed by atoms with Gasteiger partial charge in [-0.1, -0.05) is 88.1 Å². The van der Waals surface area contributed by atoms with E-state index >= 15 is 0 Å². The lowest BCUT2D eigenvalue weighted by Gasteiger charge is -2.18. The Bertz CT molecular complexity index is 619. The zero-order chi connectivity index (χ0) is 30.6. The fraction of sp³-hybridized carbons (Fsp3) is 0.769. The minimum atomic E-state index is 0.00341. The van der Waals surface area contributed by atoms with Crippen molar-refractivity contribution in [1.29, 1.82) is 0 Å². The van der Waals surface area contributed by atoms with E-state index in [9.17, 15) is 4.79 Å². The Hall–Kier alpha value is -1.61. The average molecular weight is 586 g/mol. The van der Waals surface area contributed by atoms with Gasteiger partial charge < -0.3 is 10.1 Å². The van der Waals surface area contributed by atoms with E-state index in [4.69, 9.17) is 4.74 Å². The molecule has 3 heteroatoms. The van der Waals surface area contributed by atoms with Gasteiger partial charge in [-0.05, 0) is 142 Å². The molecule has 0 aliphatic heterocycles. The number of hydrogen-bond acceptors (Lipinski definition) is 3. The lowest BCUT2D eigenvalue weighted by molar-refractivity contribution is -0.150. The highest BCUT2D eigenvalue weighted by molar-refractivity contribution is 5.69. The van der Waals surface area contributed by atoms with Crippen LogP contribution in [0, 0.1) is 0 Å². The van der Waals surface area contributed by atoms with E-state index in [2.05, 4.69) is 67.8 Å². The second kappa shape index (κ2) is 35.6. The lowest BCUT2D eigenvalue weighted by Crippen LogP contribution is -2.18. The smallest absolute Gasteiger partial charge is 0.306 e. The molecule has 0 aromatic carbocycles. The number of carbonyl (C=O) groups is 1. The highest BCUT2D eigenvalue weighted by Gasteiger charge is 2.14. The van der Waals surface area contributed by atoms with Crippen molar-refractivity contribution in [3.63, 3.8) is 0 Å². The highest BCUT2D eigenvalue weighted by Crippen LogP contribution is 2.17. The summed E-state index contributed by atoms with van der Waals surface area (Å²) in [6.45, 7) is 5.43. The Labute approximate surface area is 263 Å². The predicted molar refractivity (Wildman–Crippen MR) is 187 cm³/mol. The van der Waals surface area contributed by atoms with Gasteiger partial charge in [-0.15, -0.1) is 0 Å². The third kappa shape index (κ3) is 32.9. The number of esters is 1. The largest absolute Gasteiger partial charge is 0.462 e. The molecule has 0 aromatic rings. The summed E-state index contributed by atoms with van der Waals surface area (Å²) in [5.41, 5.74) is 0. The van der Waals surface area contributed by atoms with Crippen LogP contribution in [0.5, 0.6) is 0 Å². The second-order valence-electron chi connectivity index (χ2n) is 12.0. The van der Waals surface area contributed by atoms with Crippen LogP contribution in [-0.2, 0) is 9.53 Å². The zero-order valence-electron chi connectivity index (χ0n) is 28.4. The van der Waals surface area contributed by atoms with Crippen molar-refractivity contribution in [3.05, 3.63) is 48.6 Å². The lowest BCUT2D eigenvalue weighted by atomic mass is 10.0. The van der Waals surface area contributed by atoms with Crippen LogP contribution in [0.25, 0.3) is 0 Å². The maximum atomic E-state index is 12.4. The Balaban J connectivity index is 4.06. The van der Waals surface area contributed by atoms with Crippen LogP contribution in [0.15, 0.2) is 48.6 Å². The molecule has 0 atom stereocenters. The minimum Gasteiger partial charge on any atom is -0.462 e. The van der Waals surface area contributed by atoms with Crippen molar-refractivity contribution in [1.82, 2.24) is 5.32 Å². The molecular weight excluding hydrogens is 514 g/mol. The molecule has 42 heavy (non-hydrogen) atoms. The van der Waals surface area contributed by atoms with Crippen LogP contribution in [0.3, 0.4) is 0 Å². The first-order valence-electron chi connectivity index (χ1n) is 18.2. The number of hydrogen-bond donors (Lipinski definition) is 1. The van der Waals surface area contributed by atoms with Gasteiger partial charge in [0.1, 0.15) is 6.10 Å². The van der Waals surface area contributed by atoms with E-state index in [1.807, 2.05) is 7.05 Å². The first-order valence-corrected chi connectivity index (χ1v) is 18.2. The maximum absolute atomic E-state index is 12.4. The second-order valence-corrected chi connectivity index (χ2v) is 12.0. The summed E-state index contributed by atoms with van der Waals surface area (Å²) in [7, 11) is 1.96. The number of ether oxygens (including phenoxy) is 1. The van der Waals surface area contributed by atoms with Crippen LogP contribution in [0.1, 0.15) is 174 Å². The van der Waals surface area contributed by atoms with Crippen molar-refractivity contribution in [2.45, 2.75) is 180 Å². The first kappa shape index (κ1) is 40.4. The maximum Gasteiger partial charge on any atom is 0.306 e. The molecule has 0 bridgehead atoms. The number of unbranched alkanes of at least 4 members (excludes halogenated alkanes) is 15. The van der Waals surface area contributed by atoms with Gasteiger partial charge in [0.2, 0.25) is 0 Å². The fourth-order valence-electron chi connectivity index (χ4n) is 5.02. The van der Waals surface area contributed by atoms with Crippen LogP contribution < -0.4 is 5.32 Å². The van der Waals surface area contributed by atoms with Crippen LogP contribution >= 0.6 is 0 Å². The summed E-state index contributed by atoms with van der Waals surface area (Å²) < 4.78 is 5.96. The molecule has 0 aromatic heterocycles. The standard InChI is InChI=1S/C39H71NO2/c1-4-6-8-10-12-14-16-18-20-22-24-26-28-30-34-38(42-39(41)36-32-33-37-40-3)35-31-29-27-25-23-21-19-17-15-13-11-9-7-5-2/h8-11,20-23,38,40H,4-7,12-19,24-37H2,1-3H3/b10-8-,11-9-,22-20-,23-21-. The number of carbonyl (C=O) groups excluding carboxylic acids is 1. The Kier molecular flexibility index (Phi) is 34.2. The molecule has 244 valence electrons. The molecule has 0 aliphatic carbocycles. The minimum absolute atomic E-state index is 0.00341. The monoisotopic (exact) mass is 586 g/mol. The van der Waals surface area contributed by atoms with E-state index in [1.165, 1.54) is 116 Å². The van der Waals surface area contributed by atoms with E-state index in [1.54, 1.807) is 0 Å². The van der Waals surface area contributed by atoms with E-state index in [-0.39, 0.29) is 12.1 Å². The Morgan fingerprint density at radius 1 is 0.524 bits per heavy atom. The van der Waals surface area contributed by atoms with Gasteiger partial charge in [0, 0.05) is 6.42 Å². The Morgan fingerprint density at radius 3 is 1.29 bits per heavy atom. The number of rotatable bonds is 32. The van der Waals surface area contributed by atoms with Crippen LogP contribution in [-0.4, -0.2) is 25.7 Å². The molecular formula is C39H71NO2. The van der Waals surface area contributed by atoms with Gasteiger partial charge in [-0.25, -0.2) is 0 Å². The number of allylic oxidation sites excluding steroid dienone is 8. The Morgan fingerprint density at radius 2 is 0.905 bits per heavy atom. The molecule has 0 saturated heterocycles. The van der Waals surface area contributed by atoms with Crippen molar-refractivity contribution in [2.24, 2.45) is 0 Å². The van der Waals surface area contributed by atoms with E-state index in [0.29, 0.717) is 6.42 Å². The fourth-order valence-corrected chi connectivity index (χ4v) is 5.02. The van der Waals surface area contributed by atoms with Crippen molar-refractivity contribution in [2.75, 3.05) is 13.6 Å². The summed E-state index contributed by atoms with van der Waals surface area (Å²) in [6, 6.07) is 0. The molecule has 0 radical (unpaired) electrons. The summed E-state index contributed by atoms with van der Waals surface area (Å²) in [5, 5.41) is 3.16. The van der Waals surface area contributed by atoms with Gasteiger partial charge in [-0.3, -0.25) is 4.79 Å². The molecule has 0 heterocycles. The third-order valence-electron chi connectivity index (χ3n) is 7.71. The molecule has 0 unspecified atom stereocenters. The van der Waals surface area contributed by atoms with Crippen LogP contribution in [0.4, 0.5) is 0 Å². The average Bonchev–Trinajstić information content (AvgIpc) is 2.99. The molecule has 0 amide bonds. The predicted octanol–water partition coefficient (Wildman–Crippen LogP) is 12.1. The molecule has 0 saturated carbocycles. The zero-order valence-corrected chi connectivity index (χ0v) is 28.4. The van der Waals surface area contributed by atoms with E-state index < -0.39 is 0 Å². The molecule has 0 fully saturated rings. The molecule has 3 nitrogen and oxygen atoms in total. The van der Waals surface area contributed by atoms with Gasteiger partial charge in [-0.2, -0.15) is 0 Å². The molecule has 0 spiro atoms. The van der Waals surface area contributed by atoms with Gasteiger partial charge in [0.25, 0.3) is 0 Å². The number of nitrogens with one attached hydrogen (secondary N) is 1. The van der Waals surface area contributed by atoms with Crippen molar-refractivity contribution >= 4 is 5.97 Å². The van der Waals surface area contributed by atoms with Gasteiger partial charge in [0.15, 0.2) is 0 Å².